The third-order valence-corrected chi connectivity index (χ3v) is 7.11. The normalized spacial score (nSPS) is 18.4. The summed E-state index contributed by atoms with van der Waals surface area (Å²) in [6.45, 7) is -0.216. The lowest BCUT2D eigenvalue weighted by Crippen LogP contribution is -2.41. The predicted octanol–water partition coefficient (Wildman–Crippen LogP) is 2.65. The van der Waals surface area contributed by atoms with Gasteiger partial charge in [-0.1, -0.05) is 11.6 Å². The first-order valence-corrected chi connectivity index (χ1v) is 11.0. The SMILES string of the molecule is O=C(COC(=O)[C@@H]1CCCN1S(=O)(=O)c1ccc(Cl)cc1)c1ccc2c(c1)OCO2. The van der Waals surface area contributed by atoms with Gasteiger partial charge in [0.15, 0.2) is 23.9 Å². The standard InChI is InChI=1S/C20H18ClNO7S/c21-14-4-6-15(7-5-14)30(25,26)22-9-1-2-16(22)20(24)27-11-17(23)13-3-8-18-19(10-13)29-12-28-18/h3-8,10,16H,1-2,9,11-12H2/t16-/m0/s1. The molecule has 2 aliphatic rings. The molecular formula is C20H18ClNO7S. The molecule has 158 valence electrons. The average molecular weight is 452 g/mol. The van der Waals surface area contributed by atoms with Crippen LogP contribution in [0.5, 0.6) is 11.5 Å². The summed E-state index contributed by atoms with van der Waals surface area (Å²) in [4.78, 5) is 25.0. The van der Waals surface area contributed by atoms with Gasteiger partial charge in [0.25, 0.3) is 0 Å². The molecule has 1 fully saturated rings. The smallest absolute Gasteiger partial charge is 0.324 e. The monoisotopic (exact) mass is 451 g/mol. The number of nitrogens with zero attached hydrogens (tertiary/aromatic N) is 1. The molecule has 10 heteroatoms. The summed E-state index contributed by atoms with van der Waals surface area (Å²) >= 11 is 5.82. The zero-order chi connectivity index (χ0) is 21.3. The molecule has 0 spiro atoms. The van der Waals surface area contributed by atoms with Crippen LogP contribution in [0.25, 0.3) is 0 Å². The van der Waals surface area contributed by atoms with E-state index in [0.717, 1.165) is 4.31 Å². The van der Waals surface area contributed by atoms with Gasteiger partial charge < -0.3 is 14.2 Å². The molecule has 0 bridgehead atoms. The van der Waals surface area contributed by atoms with Crippen molar-refractivity contribution < 1.29 is 32.2 Å². The number of Topliss-reactive ketones (excluding diaryl/α,β-unsaturated/α-hetero) is 1. The van der Waals surface area contributed by atoms with E-state index in [4.69, 9.17) is 25.8 Å². The van der Waals surface area contributed by atoms with Crippen molar-refractivity contribution in [1.82, 2.24) is 4.31 Å². The second-order valence-electron chi connectivity index (χ2n) is 6.83. The maximum absolute atomic E-state index is 12.9. The van der Waals surface area contributed by atoms with Crippen molar-refractivity contribution in [3.8, 4) is 11.5 Å². The van der Waals surface area contributed by atoms with Crippen LogP contribution in [0.3, 0.4) is 0 Å². The summed E-state index contributed by atoms with van der Waals surface area (Å²) < 4.78 is 42.5. The predicted molar refractivity (Wildman–Crippen MR) is 106 cm³/mol. The van der Waals surface area contributed by atoms with Crippen molar-refractivity contribution in [3.05, 3.63) is 53.1 Å². The van der Waals surface area contributed by atoms with Crippen molar-refractivity contribution in [3.63, 3.8) is 0 Å². The third-order valence-electron chi connectivity index (χ3n) is 4.94. The second kappa shape index (κ2) is 8.25. The Morgan fingerprint density at radius 2 is 1.83 bits per heavy atom. The van der Waals surface area contributed by atoms with E-state index in [1.165, 1.54) is 30.3 Å². The lowest BCUT2D eigenvalue weighted by Gasteiger charge is -2.22. The minimum absolute atomic E-state index is 0.0445. The lowest BCUT2D eigenvalue weighted by molar-refractivity contribution is -0.146. The maximum Gasteiger partial charge on any atom is 0.324 e. The molecule has 0 radical (unpaired) electrons. The molecule has 30 heavy (non-hydrogen) atoms. The molecule has 0 unspecified atom stereocenters. The fraction of sp³-hybridized carbons (Fsp3) is 0.300. The van der Waals surface area contributed by atoms with E-state index >= 15 is 0 Å². The van der Waals surface area contributed by atoms with Crippen LogP contribution in [0.2, 0.25) is 5.02 Å². The van der Waals surface area contributed by atoms with Crippen molar-refractivity contribution in [2.24, 2.45) is 0 Å². The van der Waals surface area contributed by atoms with Crippen molar-refractivity contribution in [1.29, 1.82) is 0 Å². The van der Waals surface area contributed by atoms with Gasteiger partial charge in [0.1, 0.15) is 6.04 Å². The number of benzene rings is 2. The molecule has 0 saturated carbocycles. The van der Waals surface area contributed by atoms with E-state index in [0.29, 0.717) is 34.9 Å². The third kappa shape index (κ3) is 4.00. The van der Waals surface area contributed by atoms with Gasteiger partial charge in [0.2, 0.25) is 16.8 Å². The number of rotatable bonds is 6. The van der Waals surface area contributed by atoms with E-state index in [9.17, 15) is 18.0 Å². The fourth-order valence-electron chi connectivity index (χ4n) is 3.39. The highest BCUT2D eigenvalue weighted by Crippen LogP contribution is 2.32. The number of ether oxygens (including phenoxy) is 3. The maximum atomic E-state index is 12.9. The molecule has 0 aromatic heterocycles. The Morgan fingerprint density at radius 1 is 1.10 bits per heavy atom. The van der Waals surface area contributed by atoms with Gasteiger partial charge in [-0.05, 0) is 55.3 Å². The van der Waals surface area contributed by atoms with Crippen molar-refractivity contribution >= 4 is 33.4 Å². The van der Waals surface area contributed by atoms with Crippen LogP contribution in [-0.2, 0) is 19.6 Å². The largest absolute Gasteiger partial charge is 0.456 e. The summed E-state index contributed by atoms with van der Waals surface area (Å²) in [6, 6.07) is 9.43. The number of carbonyl (C=O) groups is 2. The van der Waals surface area contributed by atoms with Crippen molar-refractivity contribution in [2.75, 3.05) is 19.9 Å². The highest BCUT2D eigenvalue weighted by molar-refractivity contribution is 7.89. The number of fused-ring (bicyclic) bond motifs is 1. The van der Waals surface area contributed by atoms with E-state index in [-0.39, 0.29) is 18.2 Å². The van der Waals surface area contributed by atoms with Crippen LogP contribution in [0, 0.1) is 0 Å². The van der Waals surface area contributed by atoms with Crippen molar-refractivity contribution in [2.45, 2.75) is 23.8 Å². The molecule has 4 rings (SSSR count). The van der Waals surface area contributed by atoms with E-state index in [1.54, 1.807) is 12.1 Å². The Bertz CT molecular complexity index is 1080. The first-order chi connectivity index (χ1) is 14.4. The highest BCUT2D eigenvalue weighted by Gasteiger charge is 2.40. The van der Waals surface area contributed by atoms with Gasteiger partial charge in [0, 0.05) is 17.1 Å². The van der Waals surface area contributed by atoms with Gasteiger partial charge in [-0.25, -0.2) is 8.42 Å². The molecule has 8 nitrogen and oxygen atoms in total. The van der Waals surface area contributed by atoms with E-state index in [2.05, 4.69) is 0 Å². The summed E-state index contributed by atoms with van der Waals surface area (Å²) in [5, 5.41) is 0.411. The molecule has 0 aliphatic carbocycles. The number of halogens is 1. The van der Waals surface area contributed by atoms with Gasteiger partial charge >= 0.3 is 5.97 Å². The molecule has 1 atom stereocenters. The minimum Gasteiger partial charge on any atom is -0.456 e. The first kappa shape index (κ1) is 20.6. The number of sulfonamides is 1. The van der Waals surface area contributed by atoms with E-state index in [1.807, 2.05) is 0 Å². The van der Waals surface area contributed by atoms with Crippen LogP contribution in [-0.4, -0.2) is 50.5 Å². The fourth-order valence-corrected chi connectivity index (χ4v) is 5.16. The summed E-state index contributed by atoms with van der Waals surface area (Å²) in [5.41, 5.74) is 0.309. The summed E-state index contributed by atoms with van der Waals surface area (Å²) in [5.74, 6) is -0.188. The first-order valence-electron chi connectivity index (χ1n) is 9.23. The van der Waals surface area contributed by atoms with Gasteiger partial charge in [-0.2, -0.15) is 4.31 Å². The molecule has 2 heterocycles. The number of hydrogen-bond donors (Lipinski definition) is 0. The van der Waals surface area contributed by atoms with Gasteiger partial charge in [-0.15, -0.1) is 0 Å². The number of hydrogen-bond acceptors (Lipinski definition) is 7. The zero-order valence-corrected chi connectivity index (χ0v) is 17.3. The Morgan fingerprint density at radius 3 is 2.60 bits per heavy atom. The summed E-state index contributed by atoms with van der Waals surface area (Å²) in [7, 11) is -3.89. The summed E-state index contributed by atoms with van der Waals surface area (Å²) in [6.07, 6.45) is 0.840. The van der Waals surface area contributed by atoms with Crippen LogP contribution >= 0.6 is 11.6 Å². The molecule has 2 aromatic rings. The Kier molecular flexibility index (Phi) is 5.68. The zero-order valence-electron chi connectivity index (χ0n) is 15.7. The van der Waals surface area contributed by atoms with Crippen LogP contribution in [0.1, 0.15) is 23.2 Å². The molecule has 2 aliphatic heterocycles. The molecule has 0 N–H and O–H groups in total. The van der Waals surface area contributed by atoms with Crippen LogP contribution < -0.4 is 9.47 Å². The van der Waals surface area contributed by atoms with Crippen LogP contribution in [0.4, 0.5) is 0 Å². The van der Waals surface area contributed by atoms with Gasteiger partial charge in [0.05, 0.1) is 4.90 Å². The molecule has 1 saturated heterocycles. The highest BCUT2D eigenvalue weighted by atomic mass is 35.5. The number of carbonyl (C=O) groups excluding carboxylic acids is 2. The topological polar surface area (TPSA) is 99.2 Å². The van der Waals surface area contributed by atoms with Gasteiger partial charge in [-0.3, -0.25) is 9.59 Å². The Balaban J connectivity index is 1.42. The van der Waals surface area contributed by atoms with Crippen LogP contribution in [0.15, 0.2) is 47.4 Å². The molecule has 2 aromatic carbocycles. The quantitative estimate of drug-likeness (QED) is 0.491. The molecular weight excluding hydrogens is 434 g/mol. The Labute approximate surface area is 178 Å². The van der Waals surface area contributed by atoms with E-state index < -0.39 is 34.4 Å². The lowest BCUT2D eigenvalue weighted by atomic mass is 10.1. The number of esters is 1. The molecule has 0 amide bonds. The minimum atomic E-state index is -3.89. The number of ketones is 1. The Hall–Kier alpha value is -2.62. The second-order valence-corrected chi connectivity index (χ2v) is 9.15. The average Bonchev–Trinajstić information content (AvgIpc) is 3.41.